The molecule has 0 aliphatic heterocycles. The molecule has 3 heteroatoms. The molecule has 0 fully saturated rings. The molecule has 112 valence electrons. The van der Waals surface area contributed by atoms with Gasteiger partial charge in [0.1, 0.15) is 0 Å². The maximum absolute atomic E-state index is 11.7. The third-order valence-electron chi connectivity index (χ3n) is 3.29. The molecule has 0 aliphatic rings. The molecule has 0 unspecified atom stereocenters. The lowest BCUT2D eigenvalue weighted by Gasteiger charge is -2.05. The van der Waals surface area contributed by atoms with Crippen LogP contribution in [0.15, 0.2) is 24.3 Å². The van der Waals surface area contributed by atoms with Crippen LogP contribution in [-0.4, -0.2) is 12.6 Å². The Morgan fingerprint density at radius 2 is 1.70 bits per heavy atom. The number of hydrogen-bond donors (Lipinski definition) is 0. The van der Waals surface area contributed by atoms with E-state index in [2.05, 4.69) is 6.92 Å². The second-order valence-corrected chi connectivity index (χ2v) is 5.56. The zero-order chi connectivity index (χ0) is 14.6. The van der Waals surface area contributed by atoms with Crippen molar-refractivity contribution in [3.63, 3.8) is 0 Å². The van der Waals surface area contributed by atoms with Gasteiger partial charge in [0.15, 0.2) is 0 Å². The van der Waals surface area contributed by atoms with Crippen molar-refractivity contribution in [3.8, 4) is 0 Å². The van der Waals surface area contributed by atoms with E-state index in [1.807, 2.05) is 0 Å². The van der Waals surface area contributed by atoms with Crippen LogP contribution in [0.3, 0.4) is 0 Å². The fraction of sp³-hybridized carbons (Fsp3) is 0.588. The number of carbonyl (C=O) groups excluding carboxylic acids is 1. The van der Waals surface area contributed by atoms with Crippen LogP contribution in [0.1, 0.15) is 68.6 Å². The second-order valence-electron chi connectivity index (χ2n) is 5.12. The summed E-state index contributed by atoms with van der Waals surface area (Å²) in [5, 5.41) is 0.562. The molecule has 0 amide bonds. The first-order valence-electron chi connectivity index (χ1n) is 7.66. The smallest absolute Gasteiger partial charge is 0.338 e. The van der Waals surface area contributed by atoms with Crippen molar-refractivity contribution in [1.82, 2.24) is 0 Å². The fourth-order valence-corrected chi connectivity index (χ4v) is 2.29. The van der Waals surface area contributed by atoms with E-state index in [-0.39, 0.29) is 5.97 Å². The lowest BCUT2D eigenvalue weighted by Crippen LogP contribution is -2.06. The SMILES string of the molecule is CCCCCCCCCCOC(=O)c1cccc(Cl)c1. The molecule has 1 aromatic carbocycles. The Balaban J connectivity index is 2.02. The number of rotatable bonds is 10. The van der Waals surface area contributed by atoms with E-state index in [1.54, 1.807) is 24.3 Å². The number of unbranched alkanes of at least 4 members (excludes halogenated alkanes) is 7. The summed E-state index contributed by atoms with van der Waals surface area (Å²) in [6.45, 7) is 2.73. The van der Waals surface area contributed by atoms with Gasteiger partial charge in [-0.2, -0.15) is 0 Å². The molecule has 0 aliphatic carbocycles. The molecule has 0 spiro atoms. The zero-order valence-corrected chi connectivity index (χ0v) is 13.1. The molecule has 20 heavy (non-hydrogen) atoms. The van der Waals surface area contributed by atoms with Crippen LogP contribution in [0.2, 0.25) is 5.02 Å². The third kappa shape index (κ3) is 7.54. The van der Waals surface area contributed by atoms with Gasteiger partial charge < -0.3 is 4.74 Å². The van der Waals surface area contributed by atoms with Crippen molar-refractivity contribution in [2.45, 2.75) is 58.3 Å². The second kappa shape index (κ2) is 10.7. The standard InChI is InChI=1S/C17H25ClO2/c1-2-3-4-5-6-7-8-9-13-20-17(19)15-11-10-12-16(18)14-15/h10-12,14H,2-9,13H2,1H3. The average Bonchev–Trinajstić information content (AvgIpc) is 2.45. The van der Waals surface area contributed by atoms with Gasteiger partial charge >= 0.3 is 5.97 Å². The van der Waals surface area contributed by atoms with Gasteiger partial charge in [-0.15, -0.1) is 0 Å². The summed E-state index contributed by atoms with van der Waals surface area (Å²) in [7, 11) is 0. The topological polar surface area (TPSA) is 26.3 Å². The molecule has 0 radical (unpaired) electrons. The summed E-state index contributed by atoms with van der Waals surface area (Å²) < 4.78 is 5.23. The maximum Gasteiger partial charge on any atom is 0.338 e. The molecule has 0 atom stereocenters. The highest BCUT2D eigenvalue weighted by Crippen LogP contribution is 2.12. The third-order valence-corrected chi connectivity index (χ3v) is 3.53. The lowest BCUT2D eigenvalue weighted by atomic mass is 10.1. The summed E-state index contributed by atoms with van der Waals surface area (Å²) in [6.07, 6.45) is 9.92. The van der Waals surface area contributed by atoms with Gasteiger partial charge in [-0.25, -0.2) is 4.79 Å². The highest BCUT2D eigenvalue weighted by molar-refractivity contribution is 6.30. The number of esters is 1. The zero-order valence-electron chi connectivity index (χ0n) is 12.4. The molecular formula is C17H25ClO2. The van der Waals surface area contributed by atoms with Gasteiger partial charge in [0.2, 0.25) is 0 Å². The summed E-state index contributed by atoms with van der Waals surface area (Å²) in [4.78, 5) is 11.7. The average molecular weight is 297 g/mol. The summed E-state index contributed by atoms with van der Waals surface area (Å²) in [5.74, 6) is -0.282. The molecule has 1 rings (SSSR count). The predicted molar refractivity (Wildman–Crippen MR) is 84.3 cm³/mol. The summed E-state index contributed by atoms with van der Waals surface area (Å²) in [6, 6.07) is 6.87. The van der Waals surface area contributed by atoms with Crippen molar-refractivity contribution in [2.75, 3.05) is 6.61 Å². The lowest BCUT2D eigenvalue weighted by molar-refractivity contribution is 0.0497. The van der Waals surface area contributed by atoms with Crippen molar-refractivity contribution in [2.24, 2.45) is 0 Å². The monoisotopic (exact) mass is 296 g/mol. The largest absolute Gasteiger partial charge is 0.462 e. The molecule has 2 nitrogen and oxygen atoms in total. The van der Waals surface area contributed by atoms with E-state index in [0.29, 0.717) is 17.2 Å². The maximum atomic E-state index is 11.7. The predicted octanol–water partition coefficient (Wildman–Crippen LogP) is 5.64. The van der Waals surface area contributed by atoms with E-state index >= 15 is 0 Å². The number of benzene rings is 1. The van der Waals surface area contributed by atoms with Crippen LogP contribution < -0.4 is 0 Å². The first-order chi connectivity index (χ1) is 9.74. The first-order valence-corrected chi connectivity index (χ1v) is 8.04. The molecule has 1 aromatic rings. The number of ether oxygens (including phenoxy) is 1. The van der Waals surface area contributed by atoms with Gasteiger partial charge in [-0.1, -0.05) is 69.5 Å². The quantitative estimate of drug-likeness (QED) is 0.413. The highest BCUT2D eigenvalue weighted by atomic mass is 35.5. The normalized spacial score (nSPS) is 10.5. The van der Waals surface area contributed by atoms with Crippen LogP contribution >= 0.6 is 11.6 Å². The molecule has 0 aromatic heterocycles. The Bertz CT molecular complexity index is 390. The van der Waals surface area contributed by atoms with Gasteiger partial charge in [-0.3, -0.25) is 0 Å². The number of carbonyl (C=O) groups is 1. The Morgan fingerprint density at radius 1 is 1.05 bits per heavy atom. The number of hydrogen-bond acceptors (Lipinski definition) is 2. The van der Waals surface area contributed by atoms with E-state index < -0.39 is 0 Å². The van der Waals surface area contributed by atoms with Crippen LogP contribution in [0, 0.1) is 0 Å². The Labute approximate surface area is 127 Å². The highest BCUT2D eigenvalue weighted by Gasteiger charge is 2.06. The molecule has 0 heterocycles. The minimum Gasteiger partial charge on any atom is -0.462 e. The fourth-order valence-electron chi connectivity index (χ4n) is 2.10. The van der Waals surface area contributed by atoms with Gasteiger partial charge in [0.25, 0.3) is 0 Å². The molecule has 0 N–H and O–H groups in total. The minimum absolute atomic E-state index is 0.282. The van der Waals surface area contributed by atoms with E-state index in [4.69, 9.17) is 16.3 Å². The number of halogens is 1. The minimum atomic E-state index is -0.282. The summed E-state index contributed by atoms with van der Waals surface area (Å²) in [5.41, 5.74) is 0.525. The molecule has 0 saturated carbocycles. The van der Waals surface area contributed by atoms with Crippen molar-refractivity contribution in [3.05, 3.63) is 34.9 Å². The van der Waals surface area contributed by atoms with Gasteiger partial charge in [0, 0.05) is 5.02 Å². The Hall–Kier alpha value is -1.02. The Kier molecular flexibility index (Phi) is 9.14. The van der Waals surface area contributed by atoms with Crippen LogP contribution in [0.5, 0.6) is 0 Å². The van der Waals surface area contributed by atoms with Crippen molar-refractivity contribution in [1.29, 1.82) is 0 Å². The Morgan fingerprint density at radius 3 is 2.35 bits per heavy atom. The first kappa shape index (κ1) is 17.0. The van der Waals surface area contributed by atoms with Crippen LogP contribution in [-0.2, 0) is 4.74 Å². The molecule has 0 bridgehead atoms. The van der Waals surface area contributed by atoms with Crippen LogP contribution in [0.4, 0.5) is 0 Å². The molecule has 0 saturated heterocycles. The van der Waals surface area contributed by atoms with Crippen LogP contribution in [0.25, 0.3) is 0 Å². The van der Waals surface area contributed by atoms with Crippen molar-refractivity contribution >= 4 is 17.6 Å². The molecular weight excluding hydrogens is 272 g/mol. The van der Waals surface area contributed by atoms with E-state index in [1.165, 1.54) is 38.5 Å². The van der Waals surface area contributed by atoms with Gasteiger partial charge in [0.05, 0.1) is 12.2 Å². The van der Waals surface area contributed by atoms with Crippen molar-refractivity contribution < 1.29 is 9.53 Å². The summed E-state index contributed by atoms with van der Waals surface area (Å²) >= 11 is 5.84. The van der Waals surface area contributed by atoms with E-state index in [9.17, 15) is 4.79 Å². The van der Waals surface area contributed by atoms with E-state index in [0.717, 1.165) is 12.8 Å². The van der Waals surface area contributed by atoms with Gasteiger partial charge in [-0.05, 0) is 24.6 Å².